The van der Waals surface area contributed by atoms with Crippen molar-refractivity contribution in [3.63, 3.8) is 0 Å². The molecule has 0 radical (unpaired) electrons. The molecule has 0 bridgehead atoms. The van der Waals surface area contributed by atoms with Crippen LogP contribution in [0.15, 0.2) is 46.1 Å². The molecule has 2 aromatic heterocycles. The second-order valence-electron chi connectivity index (χ2n) is 6.47. The number of piperazine rings is 1. The van der Waals surface area contributed by atoms with Gasteiger partial charge >= 0.3 is 0 Å². The third kappa shape index (κ3) is 6.33. The predicted molar refractivity (Wildman–Crippen MR) is 123 cm³/mol. The van der Waals surface area contributed by atoms with E-state index in [0.717, 1.165) is 11.5 Å². The van der Waals surface area contributed by atoms with Gasteiger partial charge in [-0.05, 0) is 18.2 Å². The molecule has 9 nitrogen and oxygen atoms in total. The Morgan fingerprint density at radius 2 is 1.97 bits per heavy atom. The molecule has 30 heavy (non-hydrogen) atoms. The maximum atomic E-state index is 12.4. The van der Waals surface area contributed by atoms with E-state index in [1.807, 2.05) is 12.1 Å². The molecule has 3 heterocycles. The highest BCUT2D eigenvalue weighted by Crippen LogP contribution is 2.14. The van der Waals surface area contributed by atoms with Crippen molar-refractivity contribution in [1.82, 2.24) is 20.1 Å². The first kappa shape index (κ1) is 23.9. The summed E-state index contributed by atoms with van der Waals surface area (Å²) in [5.41, 5.74) is 0.941. The number of halogens is 1. The predicted octanol–water partition coefficient (Wildman–Crippen LogP) is 1.85. The Kier molecular flexibility index (Phi) is 9.87. The van der Waals surface area contributed by atoms with Crippen LogP contribution in [0.5, 0.6) is 5.88 Å². The third-order valence-electron chi connectivity index (χ3n) is 4.62. The monoisotopic (exact) mass is 529 g/mol. The lowest BCUT2D eigenvalue weighted by Gasteiger charge is -2.36. The minimum Gasteiger partial charge on any atom is -0.475 e. The molecule has 0 unspecified atom stereocenters. The van der Waals surface area contributed by atoms with Crippen LogP contribution in [0.2, 0.25) is 0 Å². The second-order valence-corrected chi connectivity index (χ2v) is 6.47. The maximum Gasteiger partial charge on any atom is 0.289 e. The zero-order chi connectivity index (χ0) is 20.5. The average molecular weight is 529 g/mol. The van der Waals surface area contributed by atoms with Crippen LogP contribution in [0.3, 0.4) is 0 Å². The minimum absolute atomic E-state index is 0. The molecular weight excluding hydrogens is 501 g/mol. The Hall–Kier alpha value is -2.34. The summed E-state index contributed by atoms with van der Waals surface area (Å²) in [7, 11) is 3.39. The topological polar surface area (TPSA) is 92.4 Å². The Labute approximate surface area is 193 Å². The van der Waals surface area contributed by atoms with Gasteiger partial charge in [-0.1, -0.05) is 6.07 Å². The molecule has 0 atom stereocenters. The molecule has 2 aromatic rings. The zero-order valence-electron chi connectivity index (χ0n) is 17.2. The summed E-state index contributed by atoms with van der Waals surface area (Å²) in [5, 5.41) is 3.36. The average Bonchev–Trinajstić information content (AvgIpc) is 3.30. The lowest BCUT2D eigenvalue weighted by molar-refractivity contribution is 0.0657. The van der Waals surface area contributed by atoms with Crippen LogP contribution in [0, 0.1) is 0 Å². The van der Waals surface area contributed by atoms with Gasteiger partial charge in [0.25, 0.3) is 5.91 Å². The van der Waals surface area contributed by atoms with Crippen molar-refractivity contribution in [3.8, 4) is 5.88 Å². The van der Waals surface area contributed by atoms with E-state index in [2.05, 4.69) is 20.2 Å². The number of nitrogens with zero attached hydrogens (tertiary/aromatic N) is 4. The van der Waals surface area contributed by atoms with Gasteiger partial charge in [0.05, 0.1) is 12.9 Å². The van der Waals surface area contributed by atoms with E-state index in [1.54, 1.807) is 37.4 Å². The molecule has 1 aliphatic rings. The third-order valence-corrected chi connectivity index (χ3v) is 4.62. The van der Waals surface area contributed by atoms with Crippen molar-refractivity contribution in [2.24, 2.45) is 4.99 Å². The molecule has 1 N–H and O–H groups in total. The van der Waals surface area contributed by atoms with E-state index in [1.165, 1.54) is 6.26 Å². The number of guanidine groups is 1. The van der Waals surface area contributed by atoms with Crippen molar-refractivity contribution in [2.45, 2.75) is 6.54 Å². The van der Waals surface area contributed by atoms with Gasteiger partial charge in [-0.2, -0.15) is 0 Å². The minimum atomic E-state index is -0.0780. The highest BCUT2D eigenvalue weighted by Gasteiger charge is 2.25. The van der Waals surface area contributed by atoms with Crippen LogP contribution < -0.4 is 10.1 Å². The lowest BCUT2D eigenvalue weighted by Crippen LogP contribution is -2.53. The first-order chi connectivity index (χ1) is 14.2. The number of hydrogen-bond acceptors (Lipinski definition) is 6. The van der Waals surface area contributed by atoms with E-state index in [0.29, 0.717) is 57.6 Å². The Morgan fingerprint density at radius 3 is 2.63 bits per heavy atom. The molecule has 1 saturated heterocycles. The normalized spacial score (nSPS) is 14.3. The van der Waals surface area contributed by atoms with Gasteiger partial charge in [-0.25, -0.2) is 4.98 Å². The largest absolute Gasteiger partial charge is 0.475 e. The van der Waals surface area contributed by atoms with Crippen LogP contribution in [0.1, 0.15) is 16.1 Å². The van der Waals surface area contributed by atoms with E-state index in [4.69, 9.17) is 13.9 Å². The molecule has 0 spiro atoms. The summed E-state index contributed by atoms with van der Waals surface area (Å²) in [4.78, 5) is 25.0. The second kappa shape index (κ2) is 12.4. The van der Waals surface area contributed by atoms with E-state index in [-0.39, 0.29) is 29.9 Å². The van der Waals surface area contributed by atoms with Crippen LogP contribution in [0.25, 0.3) is 0 Å². The molecule has 3 rings (SSSR count). The molecule has 1 amide bonds. The molecule has 0 saturated carbocycles. The summed E-state index contributed by atoms with van der Waals surface area (Å²) in [6.07, 6.45) is 3.22. The summed E-state index contributed by atoms with van der Waals surface area (Å²) in [6, 6.07) is 7.26. The molecule has 0 aromatic carbocycles. The molecule has 164 valence electrons. The van der Waals surface area contributed by atoms with Crippen LogP contribution in [0.4, 0.5) is 0 Å². The van der Waals surface area contributed by atoms with Crippen LogP contribution >= 0.6 is 24.0 Å². The highest BCUT2D eigenvalue weighted by atomic mass is 127. The first-order valence-corrected chi connectivity index (χ1v) is 9.57. The SMILES string of the molecule is CN=C(NCc1cccnc1OCCOC)N1CCN(C(=O)c2ccco2)CC1.I. The molecule has 1 fully saturated rings. The number of ether oxygens (including phenoxy) is 2. The maximum absolute atomic E-state index is 12.4. The molecule has 1 aliphatic heterocycles. The molecular formula is C20H28IN5O4. The number of aliphatic imine (C=N–C) groups is 1. The van der Waals surface area contributed by atoms with E-state index in [9.17, 15) is 4.79 Å². The number of hydrogen-bond donors (Lipinski definition) is 1. The van der Waals surface area contributed by atoms with Gasteiger partial charge in [0.2, 0.25) is 5.88 Å². The number of aromatic nitrogens is 1. The van der Waals surface area contributed by atoms with Crippen molar-refractivity contribution in [3.05, 3.63) is 48.0 Å². The number of nitrogens with one attached hydrogen (secondary N) is 1. The van der Waals surface area contributed by atoms with Crippen molar-refractivity contribution < 1.29 is 18.7 Å². The fraction of sp³-hybridized carbons (Fsp3) is 0.450. The number of methoxy groups -OCH3 is 1. The Morgan fingerprint density at radius 1 is 1.20 bits per heavy atom. The van der Waals surface area contributed by atoms with E-state index >= 15 is 0 Å². The number of carbonyl (C=O) groups is 1. The molecule has 10 heteroatoms. The van der Waals surface area contributed by atoms with Gasteiger partial charge < -0.3 is 29.0 Å². The van der Waals surface area contributed by atoms with Gasteiger partial charge in [0.1, 0.15) is 6.61 Å². The smallest absolute Gasteiger partial charge is 0.289 e. The van der Waals surface area contributed by atoms with Gasteiger partial charge in [0.15, 0.2) is 11.7 Å². The summed E-state index contributed by atoms with van der Waals surface area (Å²) >= 11 is 0. The van der Waals surface area contributed by atoms with E-state index < -0.39 is 0 Å². The molecule has 0 aliphatic carbocycles. The number of amides is 1. The summed E-state index contributed by atoms with van der Waals surface area (Å²) in [6.45, 7) is 4.09. The standard InChI is InChI=1S/C20H27N5O4.HI/c1-21-20(23-15-16-5-3-7-22-18(16)29-14-13-27-2)25-10-8-24(9-11-25)19(26)17-6-4-12-28-17;/h3-7,12H,8-11,13-15H2,1-2H3,(H,21,23);1H. The van der Waals surface area contributed by atoms with Gasteiger partial charge in [0, 0.05) is 58.6 Å². The number of furan rings is 1. The van der Waals surface area contributed by atoms with Crippen LogP contribution in [-0.4, -0.2) is 80.2 Å². The summed E-state index contributed by atoms with van der Waals surface area (Å²) in [5.74, 6) is 1.66. The summed E-state index contributed by atoms with van der Waals surface area (Å²) < 4.78 is 15.9. The highest BCUT2D eigenvalue weighted by molar-refractivity contribution is 14.0. The van der Waals surface area contributed by atoms with Gasteiger partial charge in [-0.15, -0.1) is 24.0 Å². The Bertz CT molecular complexity index is 807. The van der Waals surface area contributed by atoms with Crippen molar-refractivity contribution in [2.75, 3.05) is 53.6 Å². The van der Waals surface area contributed by atoms with Crippen molar-refractivity contribution >= 4 is 35.8 Å². The van der Waals surface area contributed by atoms with Crippen LogP contribution in [-0.2, 0) is 11.3 Å². The van der Waals surface area contributed by atoms with Gasteiger partial charge in [-0.3, -0.25) is 9.79 Å². The fourth-order valence-electron chi connectivity index (χ4n) is 3.09. The number of rotatable bonds is 7. The number of carbonyl (C=O) groups excluding carboxylic acids is 1. The zero-order valence-corrected chi connectivity index (χ0v) is 19.6. The fourth-order valence-corrected chi connectivity index (χ4v) is 3.09. The Balaban J connectivity index is 0.00000320. The first-order valence-electron chi connectivity index (χ1n) is 9.57. The quantitative estimate of drug-likeness (QED) is 0.253. The van der Waals surface area contributed by atoms with Crippen molar-refractivity contribution in [1.29, 1.82) is 0 Å². The lowest BCUT2D eigenvalue weighted by atomic mass is 10.2. The number of pyridine rings is 1.